The SMILES string of the molecule is O=S(=O)(O)[C@@H](O)CCC[C@H](O)S(=O)(=O)O. The molecule has 8 nitrogen and oxygen atoms in total. The molecule has 15 heavy (non-hydrogen) atoms. The minimum atomic E-state index is -4.57. The predicted octanol–water partition coefficient (Wildman–Crippen LogP) is -1.43. The van der Waals surface area contributed by atoms with Gasteiger partial charge >= 0.3 is 0 Å². The molecule has 0 saturated carbocycles. The summed E-state index contributed by atoms with van der Waals surface area (Å²) in [6.45, 7) is 0. The normalized spacial score (nSPS) is 17.3. The van der Waals surface area contributed by atoms with Crippen molar-refractivity contribution in [3.63, 3.8) is 0 Å². The van der Waals surface area contributed by atoms with E-state index in [4.69, 9.17) is 19.3 Å². The molecule has 0 amide bonds. The molecule has 0 bridgehead atoms. The van der Waals surface area contributed by atoms with Crippen molar-refractivity contribution in [2.24, 2.45) is 0 Å². The van der Waals surface area contributed by atoms with Crippen LogP contribution in [0.1, 0.15) is 19.3 Å². The van der Waals surface area contributed by atoms with Gasteiger partial charge in [0.25, 0.3) is 20.2 Å². The minimum absolute atomic E-state index is 0.193. The van der Waals surface area contributed by atoms with Crippen molar-refractivity contribution in [3.05, 3.63) is 0 Å². The molecule has 10 heteroatoms. The van der Waals surface area contributed by atoms with Crippen molar-refractivity contribution in [2.75, 3.05) is 0 Å². The quantitative estimate of drug-likeness (QED) is 0.426. The van der Waals surface area contributed by atoms with E-state index < -0.39 is 43.9 Å². The van der Waals surface area contributed by atoms with E-state index in [-0.39, 0.29) is 6.42 Å². The number of hydrogen-bond acceptors (Lipinski definition) is 6. The summed E-state index contributed by atoms with van der Waals surface area (Å²) in [7, 11) is -9.15. The van der Waals surface area contributed by atoms with Crippen molar-refractivity contribution in [2.45, 2.75) is 30.1 Å². The lowest BCUT2D eigenvalue weighted by Crippen LogP contribution is -2.22. The third-order valence-corrected chi connectivity index (χ3v) is 3.44. The van der Waals surface area contributed by atoms with Gasteiger partial charge in [0.1, 0.15) is 0 Å². The fourth-order valence-electron chi connectivity index (χ4n) is 0.765. The summed E-state index contributed by atoms with van der Waals surface area (Å²) in [6.07, 6.45) is -1.07. The Balaban J connectivity index is 4.03. The average Bonchev–Trinajstić information content (AvgIpc) is 2.00. The number of aliphatic hydroxyl groups is 2. The van der Waals surface area contributed by atoms with Gasteiger partial charge in [0.15, 0.2) is 10.9 Å². The van der Waals surface area contributed by atoms with E-state index in [1.807, 2.05) is 0 Å². The predicted molar refractivity (Wildman–Crippen MR) is 49.0 cm³/mol. The van der Waals surface area contributed by atoms with E-state index in [1.54, 1.807) is 0 Å². The summed E-state index contributed by atoms with van der Waals surface area (Å²) in [6, 6.07) is 0. The van der Waals surface area contributed by atoms with Crippen LogP contribution in [-0.2, 0) is 20.2 Å². The fraction of sp³-hybridized carbons (Fsp3) is 1.00. The molecular formula is C5H12O8S2. The molecule has 0 heterocycles. The van der Waals surface area contributed by atoms with E-state index in [0.717, 1.165) is 0 Å². The van der Waals surface area contributed by atoms with Crippen molar-refractivity contribution in [1.29, 1.82) is 0 Å². The van der Waals surface area contributed by atoms with Crippen LogP contribution >= 0.6 is 0 Å². The highest BCUT2D eigenvalue weighted by Gasteiger charge is 2.22. The lowest BCUT2D eigenvalue weighted by molar-refractivity contribution is 0.194. The number of aliphatic hydroxyl groups excluding tert-OH is 2. The van der Waals surface area contributed by atoms with Gasteiger partial charge in [-0.1, -0.05) is 0 Å². The number of hydrogen-bond donors (Lipinski definition) is 4. The summed E-state index contributed by atoms with van der Waals surface area (Å²) >= 11 is 0. The Bertz CT molecular complexity index is 343. The van der Waals surface area contributed by atoms with Crippen LogP contribution in [0.25, 0.3) is 0 Å². The first-order valence-electron chi connectivity index (χ1n) is 3.84. The molecule has 0 aliphatic rings. The third-order valence-electron chi connectivity index (χ3n) is 1.59. The molecular weight excluding hydrogens is 252 g/mol. The third kappa shape index (κ3) is 6.02. The Hall–Kier alpha value is -0.260. The maximum atomic E-state index is 10.3. The van der Waals surface area contributed by atoms with Crippen LogP contribution in [0.3, 0.4) is 0 Å². The summed E-state index contributed by atoms with van der Waals surface area (Å²) < 4.78 is 57.7. The molecule has 0 aromatic rings. The smallest absolute Gasteiger partial charge is 0.291 e. The van der Waals surface area contributed by atoms with Gasteiger partial charge in [-0.05, 0) is 19.3 Å². The molecule has 0 radical (unpaired) electrons. The molecule has 2 atom stereocenters. The second-order valence-electron chi connectivity index (χ2n) is 2.87. The van der Waals surface area contributed by atoms with Crippen molar-refractivity contribution < 1.29 is 36.2 Å². The molecule has 0 unspecified atom stereocenters. The van der Waals surface area contributed by atoms with E-state index in [1.165, 1.54) is 0 Å². The monoisotopic (exact) mass is 264 g/mol. The zero-order chi connectivity index (χ0) is 12.3. The first-order chi connectivity index (χ1) is 6.55. The van der Waals surface area contributed by atoms with Crippen molar-refractivity contribution in [1.82, 2.24) is 0 Å². The average molecular weight is 264 g/mol. The maximum absolute atomic E-state index is 10.3. The maximum Gasteiger partial charge on any atom is 0.291 e. The lowest BCUT2D eigenvalue weighted by Gasteiger charge is -2.09. The van der Waals surface area contributed by atoms with E-state index in [0.29, 0.717) is 0 Å². The standard InChI is InChI=1S/C5H12O8S2/c6-4(14(8,9)10)2-1-3-5(7)15(11,12)13/h4-7H,1-3H2,(H,8,9,10)(H,11,12,13)/t4-,5-/m1/s1. The topological polar surface area (TPSA) is 149 Å². The van der Waals surface area contributed by atoms with Gasteiger partial charge in [-0.2, -0.15) is 16.8 Å². The molecule has 4 N–H and O–H groups in total. The molecule has 0 spiro atoms. The molecule has 0 rings (SSSR count). The second kappa shape index (κ2) is 5.18. The molecule has 0 fully saturated rings. The first kappa shape index (κ1) is 14.7. The molecule has 0 aliphatic heterocycles. The van der Waals surface area contributed by atoms with Crippen LogP contribution < -0.4 is 0 Å². The van der Waals surface area contributed by atoms with Crippen LogP contribution in [-0.4, -0.2) is 47.0 Å². The first-order valence-corrected chi connectivity index (χ1v) is 6.84. The van der Waals surface area contributed by atoms with Crippen molar-refractivity contribution >= 4 is 20.2 Å². The van der Waals surface area contributed by atoms with Crippen LogP contribution in [0.5, 0.6) is 0 Å². The van der Waals surface area contributed by atoms with Gasteiger partial charge in [-0.15, -0.1) is 0 Å². The largest absolute Gasteiger partial charge is 0.375 e. The van der Waals surface area contributed by atoms with Crippen LogP contribution in [0.15, 0.2) is 0 Å². The highest BCUT2D eigenvalue weighted by atomic mass is 32.2. The van der Waals surface area contributed by atoms with Gasteiger partial charge in [0.2, 0.25) is 0 Å². The van der Waals surface area contributed by atoms with Gasteiger partial charge < -0.3 is 10.2 Å². The van der Waals surface area contributed by atoms with Gasteiger partial charge in [-0.3, -0.25) is 9.11 Å². The Kier molecular flexibility index (Phi) is 5.09. The Morgan fingerprint density at radius 2 is 1.07 bits per heavy atom. The van der Waals surface area contributed by atoms with E-state index in [2.05, 4.69) is 0 Å². The van der Waals surface area contributed by atoms with E-state index in [9.17, 15) is 16.8 Å². The molecule has 0 aromatic carbocycles. The molecule has 0 aromatic heterocycles. The van der Waals surface area contributed by atoms with Gasteiger partial charge in [0.05, 0.1) is 0 Å². The zero-order valence-corrected chi connectivity index (χ0v) is 9.15. The number of rotatable bonds is 6. The minimum Gasteiger partial charge on any atom is -0.375 e. The molecule has 92 valence electrons. The van der Waals surface area contributed by atoms with Crippen LogP contribution in [0, 0.1) is 0 Å². The Morgan fingerprint density at radius 3 is 1.27 bits per heavy atom. The second-order valence-corrected chi connectivity index (χ2v) is 6.02. The van der Waals surface area contributed by atoms with Gasteiger partial charge in [-0.25, -0.2) is 0 Å². The molecule has 0 saturated heterocycles. The summed E-state index contributed by atoms with van der Waals surface area (Å²) in [5, 5.41) is 17.5. The van der Waals surface area contributed by atoms with Crippen LogP contribution in [0.2, 0.25) is 0 Å². The zero-order valence-electron chi connectivity index (χ0n) is 7.51. The fourth-order valence-corrected chi connectivity index (χ4v) is 1.69. The molecule has 0 aliphatic carbocycles. The highest BCUT2D eigenvalue weighted by Crippen LogP contribution is 2.10. The van der Waals surface area contributed by atoms with Crippen molar-refractivity contribution in [3.8, 4) is 0 Å². The van der Waals surface area contributed by atoms with Crippen LogP contribution in [0.4, 0.5) is 0 Å². The van der Waals surface area contributed by atoms with Gasteiger partial charge in [0, 0.05) is 0 Å². The van der Waals surface area contributed by atoms with E-state index >= 15 is 0 Å². The Morgan fingerprint density at radius 1 is 0.800 bits per heavy atom. The summed E-state index contributed by atoms with van der Waals surface area (Å²) in [5.74, 6) is 0. The summed E-state index contributed by atoms with van der Waals surface area (Å²) in [5.41, 5.74) is -4.04. The lowest BCUT2D eigenvalue weighted by atomic mass is 10.2. The highest BCUT2D eigenvalue weighted by molar-refractivity contribution is 7.86. The Labute approximate surface area is 87.0 Å². The summed E-state index contributed by atoms with van der Waals surface area (Å²) in [4.78, 5) is 0.